The Morgan fingerprint density at radius 2 is 1.77 bits per heavy atom. The number of nitrogens with one attached hydrogen (secondary N) is 2. The smallest absolute Gasteiger partial charge is 0.253 e. The Morgan fingerprint density at radius 3 is 2.32 bits per heavy atom. The van der Waals surface area contributed by atoms with Crippen LogP contribution in [-0.2, 0) is 6.42 Å². The van der Waals surface area contributed by atoms with E-state index in [0.717, 1.165) is 0 Å². The van der Waals surface area contributed by atoms with Crippen molar-refractivity contribution in [1.29, 1.82) is 0 Å². The first-order valence-corrected chi connectivity index (χ1v) is 6.83. The predicted molar refractivity (Wildman–Crippen MR) is 74.1 cm³/mol. The Balaban J connectivity index is 2.14. The minimum Gasteiger partial charge on any atom is -0.380 e. The van der Waals surface area contributed by atoms with Gasteiger partial charge >= 0.3 is 0 Å². The van der Waals surface area contributed by atoms with Crippen molar-refractivity contribution in [2.24, 2.45) is 0 Å². The molecule has 10 heteroatoms. The Labute approximate surface area is 128 Å². The largest absolute Gasteiger partial charge is 0.380 e. The summed E-state index contributed by atoms with van der Waals surface area (Å²) in [5.41, 5.74) is -0.893. The number of hydrogen-bond acceptors (Lipinski definition) is 4. The van der Waals surface area contributed by atoms with Crippen LogP contribution in [0.3, 0.4) is 0 Å². The molecule has 2 N–H and O–H groups in total. The molecular formula is C12H13F4N5S. The second-order valence-electron chi connectivity index (χ2n) is 4.78. The molecule has 2 heterocycles. The van der Waals surface area contributed by atoms with Gasteiger partial charge in [0.25, 0.3) is 11.9 Å². The average molecular weight is 335 g/mol. The third-order valence-corrected chi connectivity index (χ3v) is 3.23. The van der Waals surface area contributed by atoms with Crippen molar-refractivity contribution in [2.75, 3.05) is 11.9 Å². The number of aromatic nitrogens is 4. The van der Waals surface area contributed by atoms with E-state index in [4.69, 9.17) is 12.2 Å². The van der Waals surface area contributed by atoms with Gasteiger partial charge in [-0.2, -0.15) is 27.6 Å². The number of anilines is 1. The summed E-state index contributed by atoms with van der Waals surface area (Å²) in [6, 6.07) is 0.0468. The summed E-state index contributed by atoms with van der Waals surface area (Å²) in [6.45, 7) is 3.80. The lowest BCUT2D eigenvalue weighted by Crippen LogP contribution is -2.15. The summed E-state index contributed by atoms with van der Waals surface area (Å²) in [5.74, 6) is -5.98. The van der Waals surface area contributed by atoms with Crippen LogP contribution in [0.25, 0.3) is 0 Å². The maximum Gasteiger partial charge on any atom is 0.253 e. The van der Waals surface area contributed by atoms with Gasteiger partial charge in [-0.25, -0.2) is 0 Å². The summed E-state index contributed by atoms with van der Waals surface area (Å²) < 4.78 is 55.0. The minimum absolute atomic E-state index is 0.00306. The molecule has 0 aliphatic heterocycles. The maximum absolute atomic E-state index is 13.4. The molecule has 5 nitrogen and oxygen atoms in total. The van der Waals surface area contributed by atoms with Gasteiger partial charge in [0.2, 0.25) is 11.6 Å². The van der Waals surface area contributed by atoms with Crippen LogP contribution in [0.2, 0.25) is 0 Å². The van der Waals surface area contributed by atoms with E-state index in [1.54, 1.807) is 4.57 Å². The molecule has 0 radical (unpaired) electrons. The Hall–Kier alpha value is -1.97. The van der Waals surface area contributed by atoms with Crippen molar-refractivity contribution in [3.05, 3.63) is 34.1 Å². The van der Waals surface area contributed by atoms with Crippen molar-refractivity contribution < 1.29 is 17.6 Å². The molecule has 0 aliphatic rings. The fourth-order valence-corrected chi connectivity index (χ4v) is 2.35. The molecule has 120 valence electrons. The van der Waals surface area contributed by atoms with E-state index in [2.05, 4.69) is 20.5 Å². The van der Waals surface area contributed by atoms with Gasteiger partial charge in [0.1, 0.15) is 11.5 Å². The first kappa shape index (κ1) is 16.4. The van der Waals surface area contributed by atoms with Crippen LogP contribution in [0.15, 0.2) is 0 Å². The van der Waals surface area contributed by atoms with Crippen LogP contribution < -0.4 is 5.32 Å². The number of aromatic amines is 1. The predicted octanol–water partition coefficient (Wildman–Crippen LogP) is 3.13. The van der Waals surface area contributed by atoms with Crippen molar-refractivity contribution >= 4 is 17.9 Å². The molecule has 0 spiro atoms. The molecule has 0 unspecified atom stereocenters. The van der Waals surface area contributed by atoms with Gasteiger partial charge in [0, 0.05) is 19.0 Å². The highest BCUT2D eigenvalue weighted by Crippen LogP contribution is 2.22. The number of rotatable bonds is 5. The van der Waals surface area contributed by atoms with Crippen molar-refractivity contribution in [3.63, 3.8) is 0 Å². The Kier molecular flexibility index (Phi) is 4.79. The highest BCUT2D eigenvalue weighted by atomic mass is 32.1. The number of hydrogen-bond donors (Lipinski definition) is 2. The van der Waals surface area contributed by atoms with E-state index in [9.17, 15) is 17.6 Å². The lowest BCUT2D eigenvalue weighted by Gasteiger charge is -2.12. The third-order valence-electron chi connectivity index (χ3n) is 2.94. The maximum atomic E-state index is 13.4. The molecule has 0 fully saturated rings. The quantitative estimate of drug-likeness (QED) is 0.501. The SMILES string of the molecule is CC(C)n1c(CCNc2c(F)c(F)nc(F)c2F)n[nH]c1=S. The number of H-pyrrole nitrogens is 1. The molecule has 2 aromatic heterocycles. The second kappa shape index (κ2) is 6.42. The zero-order chi connectivity index (χ0) is 16.4. The first-order valence-electron chi connectivity index (χ1n) is 6.42. The molecule has 22 heavy (non-hydrogen) atoms. The highest BCUT2D eigenvalue weighted by Gasteiger charge is 2.20. The van der Waals surface area contributed by atoms with Gasteiger partial charge in [-0.1, -0.05) is 0 Å². The highest BCUT2D eigenvalue weighted by molar-refractivity contribution is 7.71. The van der Waals surface area contributed by atoms with E-state index in [-0.39, 0.29) is 19.0 Å². The number of nitrogens with zero attached hydrogens (tertiary/aromatic N) is 3. The fraction of sp³-hybridized carbons (Fsp3) is 0.417. The van der Waals surface area contributed by atoms with Gasteiger partial charge in [0.15, 0.2) is 4.77 Å². The van der Waals surface area contributed by atoms with Crippen LogP contribution in [-0.4, -0.2) is 26.3 Å². The van der Waals surface area contributed by atoms with Gasteiger partial charge in [0.05, 0.1) is 0 Å². The lowest BCUT2D eigenvalue weighted by atomic mass is 10.3. The summed E-state index contributed by atoms with van der Waals surface area (Å²) in [4.78, 5) is 2.48. The lowest BCUT2D eigenvalue weighted by molar-refractivity contribution is 0.410. The summed E-state index contributed by atoms with van der Waals surface area (Å²) in [6.07, 6.45) is 0.246. The van der Waals surface area contributed by atoms with E-state index in [1.807, 2.05) is 13.8 Å². The van der Waals surface area contributed by atoms with Crippen molar-refractivity contribution in [1.82, 2.24) is 19.7 Å². The molecule has 0 saturated heterocycles. The summed E-state index contributed by atoms with van der Waals surface area (Å²) in [5, 5.41) is 8.94. The van der Waals surface area contributed by atoms with E-state index < -0.39 is 29.2 Å². The molecule has 0 bridgehead atoms. The molecule has 2 aromatic rings. The molecule has 0 aromatic carbocycles. The van der Waals surface area contributed by atoms with E-state index in [0.29, 0.717) is 10.6 Å². The first-order chi connectivity index (χ1) is 10.3. The third kappa shape index (κ3) is 3.11. The average Bonchev–Trinajstić information content (AvgIpc) is 2.81. The molecule has 0 amide bonds. The second-order valence-corrected chi connectivity index (χ2v) is 5.17. The molecular weight excluding hydrogens is 322 g/mol. The van der Waals surface area contributed by atoms with Crippen LogP contribution >= 0.6 is 12.2 Å². The monoisotopic (exact) mass is 335 g/mol. The molecule has 0 saturated carbocycles. The zero-order valence-electron chi connectivity index (χ0n) is 11.8. The minimum atomic E-state index is -1.70. The summed E-state index contributed by atoms with van der Waals surface area (Å²) in [7, 11) is 0. The van der Waals surface area contributed by atoms with Crippen LogP contribution in [0, 0.1) is 28.3 Å². The van der Waals surface area contributed by atoms with Crippen LogP contribution in [0.1, 0.15) is 25.7 Å². The van der Waals surface area contributed by atoms with Gasteiger partial charge in [-0.05, 0) is 26.1 Å². The van der Waals surface area contributed by atoms with E-state index >= 15 is 0 Å². The molecule has 0 aliphatic carbocycles. The van der Waals surface area contributed by atoms with Gasteiger partial charge in [-0.15, -0.1) is 0 Å². The normalized spacial score (nSPS) is 11.2. The standard InChI is InChI=1S/C12H13F4N5S/c1-5(2)21-6(19-20-12(21)22)3-4-17-9-7(13)10(15)18-11(16)8(9)14/h5H,3-4H2,1-2H3,(H,17,18)(H,20,22). The summed E-state index contributed by atoms with van der Waals surface area (Å²) >= 11 is 5.07. The Morgan fingerprint density at radius 1 is 1.18 bits per heavy atom. The zero-order valence-corrected chi connectivity index (χ0v) is 12.6. The van der Waals surface area contributed by atoms with E-state index in [1.165, 1.54) is 0 Å². The topological polar surface area (TPSA) is 58.5 Å². The molecule has 0 atom stereocenters. The van der Waals surface area contributed by atoms with Gasteiger partial charge < -0.3 is 9.88 Å². The van der Waals surface area contributed by atoms with Crippen molar-refractivity contribution in [2.45, 2.75) is 26.3 Å². The van der Waals surface area contributed by atoms with Crippen LogP contribution in [0.4, 0.5) is 23.2 Å². The fourth-order valence-electron chi connectivity index (χ4n) is 1.99. The van der Waals surface area contributed by atoms with Crippen molar-refractivity contribution in [3.8, 4) is 0 Å². The Bertz CT molecular complexity index is 714. The van der Waals surface area contributed by atoms with Crippen LogP contribution in [0.5, 0.6) is 0 Å². The van der Waals surface area contributed by atoms with Gasteiger partial charge in [-0.3, -0.25) is 5.10 Å². The number of pyridine rings is 1. The molecule has 2 rings (SSSR count). The number of halogens is 4.